The predicted molar refractivity (Wildman–Crippen MR) is 54.1 cm³/mol. The molecule has 1 aromatic rings. The summed E-state index contributed by atoms with van der Waals surface area (Å²) in [5.41, 5.74) is 0.602. The number of hydrogen-bond donors (Lipinski definition) is 0. The van der Waals surface area contributed by atoms with Crippen molar-refractivity contribution >= 4 is 5.78 Å². The molecule has 0 N–H and O–H groups in total. The summed E-state index contributed by atoms with van der Waals surface area (Å²) in [5, 5.41) is 0. The fourth-order valence-corrected chi connectivity index (χ4v) is 1.43. The van der Waals surface area contributed by atoms with E-state index in [0.717, 1.165) is 13.0 Å². The normalized spacial score (nSPS) is 20.2. The van der Waals surface area contributed by atoms with E-state index in [-0.39, 0.29) is 11.9 Å². The van der Waals surface area contributed by atoms with Crippen LogP contribution in [-0.2, 0) is 4.74 Å². The summed E-state index contributed by atoms with van der Waals surface area (Å²) in [5.74, 6) is 0.564. The summed E-state index contributed by atoms with van der Waals surface area (Å²) in [7, 11) is 0. The molecule has 1 aromatic heterocycles. The molecule has 2 rings (SSSR count). The van der Waals surface area contributed by atoms with Crippen LogP contribution in [0.4, 0.5) is 0 Å². The van der Waals surface area contributed by atoms with E-state index in [1.807, 2.05) is 0 Å². The van der Waals surface area contributed by atoms with Gasteiger partial charge in [0.25, 0.3) is 0 Å². The first-order valence-electron chi connectivity index (χ1n) is 4.97. The first-order valence-corrected chi connectivity index (χ1v) is 4.97. The van der Waals surface area contributed by atoms with Gasteiger partial charge in [-0.2, -0.15) is 0 Å². The van der Waals surface area contributed by atoms with Crippen LogP contribution < -0.4 is 4.74 Å². The van der Waals surface area contributed by atoms with E-state index >= 15 is 0 Å². The van der Waals surface area contributed by atoms with Crippen LogP contribution >= 0.6 is 0 Å². The third kappa shape index (κ3) is 2.53. The molecule has 0 aromatic carbocycles. The Bertz CT molecular complexity index is 341. The van der Waals surface area contributed by atoms with Crippen molar-refractivity contribution in [2.24, 2.45) is 0 Å². The zero-order chi connectivity index (χ0) is 10.7. The molecule has 15 heavy (non-hydrogen) atoms. The summed E-state index contributed by atoms with van der Waals surface area (Å²) in [6.07, 6.45) is 2.53. The molecule has 0 bridgehead atoms. The van der Waals surface area contributed by atoms with Gasteiger partial charge in [0, 0.05) is 24.2 Å². The van der Waals surface area contributed by atoms with Gasteiger partial charge in [-0.25, -0.2) is 4.98 Å². The standard InChI is InChI=1S/C11H13NO3/c1-8(13)9-2-3-11(12-6-9)15-10-4-5-14-7-10/h2-3,6,10H,4-5,7H2,1H3/t10-/m1/s1. The molecule has 0 saturated carbocycles. The molecule has 0 radical (unpaired) electrons. The second kappa shape index (κ2) is 4.40. The number of pyridine rings is 1. The Morgan fingerprint density at radius 3 is 3.00 bits per heavy atom. The molecular formula is C11H13NO3. The van der Waals surface area contributed by atoms with Crippen molar-refractivity contribution in [3.63, 3.8) is 0 Å². The van der Waals surface area contributed by atoms with Crippen LogP contribution in [0.15, 0.2) is 18.3 Å². The van der Waals surface area contributed by atoms with E-state index in [2.05, 4.69) is 4.98 Å². The second-order valence-corrected chi connectivity index (χ2v) is 3.54. The number of ketones is 1. The van der Waals surface area contributed by atoms with E-state index in [1.54, 1.807) is 12.1 Å². The number of hydrogen-bond acceptors (Lipinski definition) is 4. The Labute approximate surface area is 88.2 Å². The molecule has 0 aliphatic carbocycles. The van der Waals surface area contributed by atoms with Gasteiger partial charge in [0.2, 0.25) is 5.88 Å². The van der Waals surface area contributed by atoms with E-state index in [4.69, 9.17) is 9.47 Å². The lowest BCUT2D eigenvalue weighted by molar-refractivity contribution is 0.101. The lowest BCUT2D eigenvalue weighted by Crippen LogP contribution is -2.16. The van der Waals surface area contributed by atoms with Crippen LogP contribution in [0.2, 0.25) is 0 Å². The number of Topliss-reactive ketones (excluding diaryl/α,β-unsaturated/α-hetero) is 1. The Kier molecular flexibility index (Phi) is 2.97. The minimum Gasteiger partial charge on any atom is -0.472 e. The van der Waals surface area contributed by atoms with Crippen molar-refractivity contribution < 1.29 is 14.3 Å². The van der Waals surface area contributed by atoms with Gasteiger partial charge in [0.05, 0.1) is 13.2 Å². The van der Waals surface area contributed by atoms with E-state index in [9.17, 15) is 4.79 Å². The highest BCUT2D eigenvalue weighted by Gasteiger charge is 2.17. The predicted octanol–water partition coefficient (Wildman–Crippen LogP) is 1.45. The number of nitrogens with zero attached hydrogens (tertiary/aromatic N) is 1. The average Bonchev–Trinajstić information content (AvgIpc) is 2.71. The maximum absolute atomic E-state index is 11.0. The summed E-state index contributed by atoms with van der Waals surface area (Å²) < 4.78 is 10.7. The smallest absolute Gasteiger partial charge is 0.213 e. The van der Waals surface area contributed by atoms with Gasteiger partial charge in [-0.1, -0.05) is 0 Å². The molecule has 1 saturated heterocycles. The lowest BCUT2D eigenvalue weighted by atomic mass is 10.2. The van der Waals surface area contributed by atoms with Gasteiger partial charge in [0.15, 0.2) is 5.78 Å². The fourth-order valence-electron chi connectivity index (χ4n) is 1.43. The largest absolute Gasteiger partial charge is 0.472 e. The number of ether oxygens (including phenoxy) is 2. The zero-order valence-corrected chi connectivity index (χ0v) is 8.60. The zero-order valence-electron chi connectivity index (χ0n) is 8.60. The minimum absolute atomic E-state index is 0.0123. The maximum Gasteiger partial charge on any atom is 0.213 e. The molecular weight excluding hydrogens is 194 g/mol. The first-order chi connectivity index (χ1) is 7.25. The molecule has 1 fully saturated rings. The van der Waals surface area contributed by atoms with Crippen molar-refractivity contribution in [2.75, 3.05) is 13.2 Å². The summed E-state index contributed by atoms with van der Waals surface area (Å²) in [4.78, 5) is 15.1. The van der Waals surface area contributed by atoms with Crippen molar-refractivity contribution in [1.82, 2.24) is 4.98 Å². The summed E-state index contributed by atoms with van der Waals surface area (Å²) in [6.45, 7) is 2.88. The van der Waals surface area contributed by atoms with Crippen LogP contribution in [-0.4, -0.2) is 30.1 Å². The lowest BCUT2D eigenvalue weighted by Gasteiger charge is -2.10. The maximum atomic E-state index is 11.0. The molecule has 4 nitrogen and oxygen atoms in total. The van der Waals surface area contributed by atoms with Crippen LogP contribution in [0.5, 0.6) is 5.88 Å². The molecule has 1 aliphatic rings. The first kappa shape index (κ1) is 10.1. The van der Waals surface area contributed by atoms with Gasteiger partial charge < -0.3 is 9.47 Å². The van der Waals surface area contributed by atoms with Crippen molar-refractivity contribution in [3.05, 3.63) is 23.9 Å². The average molecular weight is 207 g/mol. The number of carbonyl (C=O) groups excluding carboxylic acids is 1. The molecule has 0 unspecified atom stereocenters. The monoisotopic (exact) mass is 207 g/mol. The molecule has 80 valence electrons. The van der Waals surface area contributed by atoms with Crippen LogP contribution in [0, 0.1) is 0 Å². The minimum atomic E-state index is 0.0123. The molecule has 4 heteroatoms. The van der Waals surface area contributed by atoms with Gasteiger partial charge in [-0.05, 0) is 13.0 Å². The third-order valence-electron chi connectivity index (χ3n) is 2.32. The topological polar surface area (TPSA) is 48.4 Å². The van der Waals surface area contributed by atoms with Crippen LogP contribution in [0.1, 0.15) is 23.7 Å². The summed E-state index contributed by atoms with van der Waals surface area (Å²) >= 11 is 0. The molecule has 1 aliphatic heterocycles. The van der Waals surface area contributed by atoms with Crippen molar-refractivity contribution in [1.29, 1.82) is 0 Å². The van der Waals surface area contributed by atoms with E-state index < -0.39 is 0 Å². The van der Waals surface area contributed by atoms with Crippen LogP contribution in [0.25, 0.3) is 0 Å². The highest BCUT2D eigenvalue weighted by Crippen LogP contribution is 2.14. The van der Waals surface area contributed by atoms with Crippen molar-refractivity contribution in [3.8, 4) is 5.88 Å². The molecule has 0 spiro atoms. The van der Waals surface area contributed by atoms with Crippen molar-refractivity contribution in [2.45, 2.75) is 19.4 Å². The Balaban J connectivity index is 2.00. The van der Waals surface area contributed by atoms with Gasteiger partial charge in [-0.3, -0.25) is 4.79 Å². The van der Waals surface area contributed by atoms with Gasteiger partial charge in [0.1, 0.15) is 6.10 Å². The number of aromatic nitrogens is 1. The third-order valence-corrected chi connectivity index (χ3v) is 2.32. The fraction of sp³-hybridized carbons (Fsp3) is 0.455. The van der Waals surface area contributed by atoms with Gasteiger partial charge in [-0.15, -0.1) is 0 Å². The van der Waals surface area contributed by atoms with Gasteiger partial charge >= 0.3 is 0 Å². The highest BCUT2D eigenvalue weighted by molar-refractivity contribution is 5.93. The Hall–Kier alpha value is -1.42. The molecule has 1 atom stereocenters. The highest BCUT2D eigenvalue weighted by atomic mass is 16.5. The van der Waals surface area contributed by atoms with E-state index in [1.165, 1.54) is 13.1 Å². The molecule has 0 amide bonds. The second-order valence-electron chi connectivity index (χ2n) is 3.54. The Morgan fingerprint density at radius 2 is 2.47 bits per heavy atom. The molecule has 2 heterocycles. The SMILES string of the molecule is CC(=O)c1ccc(O[C@@H]2CCOC2)nc1. The number of carbonyl (C=O) groups is 1. The van der Waals surface area contributed by atoms with Crippen LogP contribution in [0.3, 0.4) is 0 Å². The quantitative estimate of drug-likeness (QED) is 0.704. The summed E-state index contributed by atoms with van der Waals surface area (Å²) in [6, 6.07) is 3.44. The Morgan fingerprint density at radius 1 is 1.60 bits per heavy atom. The van der Waals surface area contributed by atoms with E-state index in [0.29, 0.717) is 18.1 Å². The number of rotatable bonds is 3.